The molecule has 0 atom stereocenters. The first kappa shape index (κ1) is 16.5. The lowest BCUT2D eigenvalue weighted by atomic mass is 10.1. The highest BCUT2D eigenvalue weighted by molar-refractivity contribution is 9.10. The fourth-order valence-corrected chi connectivity index (χ4v) is 5.58. The number of benzene rings is 1. The molecular formula is C14H17BrN2O2S2. The fraction of sp³-hybridized carbons (Fsp3) is 0.286. The van der Waals surface area contributed by atoms with E-state index in [1.54, 1.807) is 6.07 Å². The van der Waals surface area contributed by atoms with E-state index in [0.29, 0.717) is 12.2 Å². The first-order valence-electron chi connectivity index (χ1n) is 6.33. The third-order valence-electron chi connectivity index (χ3n) is 3.12. The van der Waals surface area contributed by atoms with Gasteiger partial charge in [0.25, 0.3) is 10.0 Å². The van der Waals surface area contributed by atoms with Crippen molar-refractivity contribution in [3.63, 3.8) is 0 Å². The number of sulfonamides is 1. The first-order chi connectivity index (χ1) is 9.74. The molecule has 2 aromatic rings. The molecule has 0 fully saturated rings. The van der Waals surface area contributed by atoms with Gasteiger partial charge in [-0.1, -0.05) is 6.07 Å². The fourth-order valence-electron chi connectivity index (χ4n) is 2.05. The number of hydrogen-bond acceptors (Lipinski definition) is 4. The van der Waals surface area contributed by atoms with Gasteiger partial charge in [0.1, 0.15) is 4.21 Å². The largest absolute Gasteiger partial charge is 0.326 e. The van der Waals surface area contributed by atoms with E-state index in [1.807, 2.05) is 32.9 Å². The Balaban J connectivity index is 2.42. The number of hydrogen-bond donors (Lipinski definition) is 2. The van der Waals surface area contributed by atoms with Crippen LogP contribution in [0.25, 0.3) is 0 Å². The highest BCUT2D eigenvalue weighted by atomic mass is 79.9. The minimum atomic E-state index is -3.60. The van der Waals surface area contributed by atoms with E-state index in [9.17, 15) is 8.42 Å². The molecule has 7 heteroatoms. The van der Waals surface area contributed by atoms with Gasteiger partial charge in [-0.05, 0) is 65.5 Å². The Bertz CT molecular complexity index is 759. The molecule has 0 spiro atoms. The molecule has 0 saturated carbocycles. The van der Waals surface area contributed by atoms with Gasteiger partial charge in [-0.2, -0.15) is 0 Å². The molecule has 0 aliphatic heterocycles. The van der Waals surface area contributed by atoms with E-state index < -0.39 is 10.0 Å². The van der Waals surface area contributed by atoms with Crippen molar-refractivity contribution >= 4 is 43.0 Å². The second-order valence-corrected chi connectivity index (χ2v) is 8.82. The summed E-state index contributed by atoms with van der Waals surface area (Å²) in [6.07, 6.45) is 0. The highest BCUT2D eigenvalue weighted by Crippen LogP contribution is 2.32. The van der Waals surface area contributed by atoms with Gasteiger partial charge in [0.05, 0.1) is 5.69 Å². The van der Waals surface area contributed by atoms with Crippen LogP contribution in [0.2, 0.25) is 0 Å². The maximum absolute atomic E-state index is 12.5. The Labute approximate surface area is 137 Å². The summed E-state index contributed by atoms with van der Waals surface area (Å²) in [5.74, 6) is 0. The van der Waals surface area contributed by atoms with E-state index in [0.717, 1.165) is 26.0 Å². The summed E-state index contributed by atoms with van der Waals surface area (Å²) in [4.78, 5) is 0.884. The van der Waals surface area contributed by atoms with E-state index in [-0.39, 0.29) is 4.21 Å². The second-order valence-electron chi connectivity index (χ2n) is 4.92. The van der Waals surface area contributed by atoms with E-state index in [1.165, 1.54) is 11.3 Å². The van der Waals surface area contributed by atoms with Gasteiger partial charge in [0, 0.05) is 15.9 Å². The lowest BCUT2D eigenvalue weighted by Gasteiger charge is -2.12. The molecule has 0 aliphatic carbocycles. The standard InChI is InChI=1S/C14H17BrN2O2S2/c1-8-4-10(3)14(11(15)5-8)17-21(18,19)13-6-9(2)12(7-16)20-13/h4-6,17H,7,16H2,1-3H3. The number of anilines is 1. The third-order valence-corrected chi connectivity index (χ3v) is 6.82. The molecule has 0 aliphatic rings. The highest BCUT2D eigenvalue weighted by Gasteiger charge is 2.20. The van der Waals surface area contributed by atoms with Crippen LogP contribution in [0.1, 0.15) is 21.6 Å². The van der Waals surface area contributed by atoms with Crippen molar-refractivity contribution in [2.45, 2.75) is 31.5 Å². The normalized spacial score (nSPS) is 11.7. The zero-order valence-corrected chi connectivity index (χ0v) is 15.2. The molecule has 3 N–H and O–H groups in total. The van der Waals surface area contributed by atoms with Gasteiger partial charge >= 0.3 is 0 Å². The molecule has 114 valence electrons. The Morgan fingerprint density at radius 3 is 2.38 bits per heavy atom. The number of halogens is 1. The van der Waals surface area contributed by atoms with Crippen LogP contribution >= 0.6 is 27.3 Å². The van der Waals surface area contributed by atoms with E-state index in [2.05, 4.69) is 20.7 Å². The molecule has 4 nitrogen and oxygen atoms in total. The van der Waals surface area contributed by atoms with Gasteiger partial charge in [0.2, 0.25) is 0 Å². The summed E-state index contributed by atoms with van der Waals surface area (Å²) < 4.78 is 28.7. The number of nitrogens with one attached hydrogen (secondary N) is 1. The van der Waals surface area contributed by atoms with Crippen LogP contribution < -0.4 is 10.5 Å². The maximum Gasteiger partial charge on any atom is 0.271 e. The topological polar surface area (TPSA) is 72.2 Å². The molecule has 1 aromatic carbocycles. The summed E-state index contributed by atoms with van der Waals surface area (Å²) in [7, 11) is -3.60. The van der Waals surface area contributed by atoms with Crippen molar-refractivity contribution in [2.24, 2.45) is 5.73 Å². The minimum absolute atomic E-state index is 0.285. The van der Waals surface area contributed by atoms with Crippen molar-refractivity contribution in [2.75, 3.05) is 4.72 Å². The maximum atomic E-state index is 12.5. The molecule has 1 heterocycles. The number of aryl methyl sites for hydroxylation is 3. The van der Waals surface area contributed by atoms with Gasteiger partial charge in [-0.3, -0.25) is 4.72 Å². The van der Waals surface area contributed by atoms with E-state index >= 15 is 0 Å². The third kappa shape index (κ3) is 3.48. The Morgan fingerprint density at radius 1 is 1.19 bits per heavy atom. The van der Waals surface area contributed by atoms with Gasteiger partial charge in [0.15, 0.2) is 0 Å². The lowest BCUT2D eigenvalue weighted by molar-refractivity contribution is 0.603. The SMILES string of the molecule is Cc1cc(C)c(NS(=O)(=O)c2cc(C)c(CN)s2)c(Br)c1. The Kier molecular flexibility index (Phi) is 4.77. The van der Waals surface area contributed by atoms with Crippen molar-refractivity contribution in [1.82, 2.24) is 0 Å². The Hall–Kier alpha value is -0.890. The molecule has 0 saturated heterocycles. The summed E-state index contributed by atoms with van der Waals surface area (Å²) >= 11 is 4.62. The van der Waals surface area contributed by atoms with Crippen molar-refractivity contribution in [1.29, 1.82) is 0 Å². The quantitative estimate of drug-likeness (QED) is 0.838. The molecule has 0 bridgehead atoms. The zero-order valence-electron chi connectivity index (χ0n) is 12.0. The van der Waals surface area contributed by atoms with Crippen molar-refractivity contribution < 1.29 is 8.42 Å². The second kappa shape index (κ2) is 6.08. The Morgan fingerprint density at radius 2 is 1.86 bits per heavy atom. The summed E-state index contributed by atoms with van der Waals surface area (Å²) in [6.45, 7) is 6.05. The van der Waals surface area contributed by atoms with Crippen LogP contribution in [-0.2, 0) is 16.6 Å². The monoisotopic (exact) mass is 388 g/mol. The average molecular weight is 389 g/mol. The summed E-state index contributed by atoms with van der Waals surface area (Å²) in [5.41, 5.74) is 9.03. The van der Waals surface area contributed by atoms with E-state index in [4.69, 9.17) is 5.73 Å². The van der Waals surface area contributed by atoms with Crippen molar-refractivity contribution in [3.8, 4) is 0 Å². The van der Waals surface area contributed by atoms with Gasteiger partial charge in [-0.15, -0.1) is 11.3 Å². The number of thiophene rings is 1. The molecule has 0 unspecified atom stereocenters. The van der Waals surface area contributed by atoms with Crippen LogP contribution in [0.4, 0.5) is 5.69 Å². The summed E-state index contributed by atoms with van der Waals surface area (Å²) in [5, 5.41) is 0. The molecule has 1 aromatic heterocycles. The number of rotatable bonds is 4. The first-order valence-corrected chi connectivity index (χ1v) is 9.43. The lowest BCUT2D eigenvalue weighted by Crippen LogP contribution is -2.13. The zero-order chi connectivity index (χ0) is 15.8. The molecule has 21 heavy (non-hydrogen) atoms. The molecule has 0 amide bonds. The predicted octanol–water partition coefficient (Wildman–Crippen LogP) is 3.70. The van der Waals surface area contributed by atoms with Crippen LogP contribution in [0.3, 0.4) is 0 Å². The average Bonchev–Trinajstić information content (AvgIpc) is 2.76. The smallest absolute Gasteiger partial charge is 0.271 e. The van der Waals surface area contributed by atoms with Crippen LogP contribution in [0.5, 0.6) is 0 Å². The van der Waals surface area contributed by atoms with Crippen LogP contribution in [-0.4, -0.2) is 8.42 Å². The minimum Gasteiger partial charge on any atom is -0.326 e. The molecule has 2 rings (SSSR count). The predicted molar refractivity (Wildman–Crippen MR) is 91.4 cm³/mol. The van der Waals surface area contributed by atoms with Gasteiger partial charge < -0.3 is 5.73 Å². The van der Waals surface area contributed by atoms with Crippen molar-refractivity contribution in [3.05, 3.63) is 44.2 Å². The van der Waals surface area contributed by atoms with Crippen LogP contribution in [0.15, 0.2) is 26.9 Å². The number of nitrogens with two attached hydrogens (primary N) is 1. The van der Waals surface area contributed by atoms with Crippen LogP contribution in [0, 0.1) is 20.8 Å². The molecular weight excluding hydrogens is 372 g/mol. The van der Waals surface area contributed by atoms with Gasteiger partial charge in [-0.25, -0.2) is 8.42 Å². The molecule has 0 radical (unpaired) electrons. The summed E-state index contributed by atoms with van der Waals surface area (Å²) in [6, 6.07) is 5.48.